The van der Waals surface area contributed by atoms with Gasteiger partial charge in [0.15, 0.2) is 4.21 Å². The number of hydrogen-bond acceptors (Lipinski definition) is 5. The van der Waals surface area contributed by atoms with Gasteiger partial charge in [0.05, 0.1) is 0 Å². The molecule has 0 aliphatic heterocycles. The predicted octanol–water partition coefficient (Wildman–Crippen LogP) is -0.628. The highest BCUT2D eigenvalue weighted by molar-refractivity contribution is 7.91. The maximum atomic E-state index is 11.6. The van der Waals surface area contributed by atoms with Crippen molar-refractivity contribution in [1.82, 2.24) is 9.71 Å². The third-order valence-electron chi connectivity index (χ3n) is 1.70. The Balaban J connectivity index is 2.87. The normalized spacial score (nSPS) is 11.9. The van der Waals surface area contributed by atoms with Crippen LogP contribution in [0.3, 0.4) is 0 Å². The Hall–Kier alpha value is -0.700. The molecule has 0 saturated carbocycles. The zero-order valence-corrected chi connectivity index (χ0v) is 9.87. The van der Waals surface area contributed by atoms with Crippen LogP contribution in [0.2, 0.25) is 0 Å². The molecule has 0 aliphatic carbocycles. The van der Waals surface area contributed by atoms with Crippen LogP contribution < -0.4 is 15.3 Å². The topological polar surface area (TPSA) is 105 Å². The molecular formula is C7H13N3O3S2. The van der Waals surface area contributed by atoms with Crippen molar-refractivity contribution < 1.29 is 8.42 Å². The highest BCUT2D eigenvalue weighted by atomic mass is 32.2. The van der Waals surface area contributed by atoms with E-state index in [0.717, 1.165) is 0 Å². The number of nitrogens with one attached hydrogen (secondary N) is 2. The Morgan fingerprint density at radius 1 is 1.53 bits per heavy atom. The first-order chi connectivity index (χ1) is 6.97. The lowest BCUT2D eigenvalue weighted by Crippen LogP contribution is -2.26. The Labute approximate surface area is 91.6 Å². The average Bonchev–Trinajstić information content (AvgIpc) is 2.46. The van der Waals surface area contributed by atoms with E-state index >= 15 is 0 Å². The molecule has 0 aliphatic rings. The van der Waals surface area contributed by atoms with Gasteiger partial charge in [-0.25, -0.2) is 13.1 Å². The first-order valence-corrected chi connectivity index (χ1v) is 6.67. The van der Waals surface area contributed by atoms with Gasteiger partial charge in [-0.2, -0.15) is 0 Å². The Morgan fingerprint density at radius 2 is 2.20 bits per heavy atom. The second-order valence-electron chi connectivity index (χ2n) is 2.97. The van der Waals surface area contributed by atoms with Crippen LogP contribution in [0.15, 0.2) is 9.00 Å². The van der Waals surface area contributed by atoms with Crippen molar-refractivity contribution in [2.75, 3.05) is 13.1 Å². The standard InChI is InChI=1S/C7H13N3O3S2/c1-5-6(14-7(11)10-5)15(12,13)9-4-2-3-8/h9H,2-4,8H2,1H3,(H,10,11). The van der Waals surface area contributed by atoms with Gasteiger partial charge in [0.1, 0.15) is 0 Å². The van der Waals surface area contributed by atoms with Crippen molar-refractivity contribution in [3.63, 3.8) is 0 Å². The van der Waals surface area contributed by atoms with Crippen LogP contribution in [-0.2, 0) is 10.0 Å². The van der Waals surface area contributed by atoms with Crippen LogP contribution in [0.4, 0.5) is 0 Å². The van der Waals surface area contributed by atoms with Crippen molar-refractivity contribution in [3.05, 3.63) is 15.4 Å². The van der Waals surface area contributed by atoms with Gasteiger partial charge in [-0.3, -0.25) is 4.79 Å². The zero-order chi connectivity index (χ0) is 11.5. The maximum Gasteiger partial charge on any atom is 0.305 e. The van der Waals surface area contributed by atoms with Gasteiger partial charge in [0, 0.05) is 12.2 Å². The maximum absolute atomic E-state index is 11.6. The molecular weight excluding hydrogens is 238 g/mol. The van der Waals surface area contributed by atoms with Crippen molar-refractivity contribution in [3.8, 4) is 0 Å². The monoisotopic (exact) mass is 251 g/mol. The van der Waals surface area contributed by atoms with E-state index in [2.05, 4.69) is 9.71 Å². The number of H-pyrrole nitrogens is 1. The molecule has 0 radical (unpaired) electrons. The summed E-state index contributed by atoms with van der Waals surface area (Å²) in [7, 11) is -3.56. The van der Waals surface area contributed by atoms with Gasteiger partial charge < -0.3 is 10.7 Å². The summed E-state index contributed by atoms with van der Waals surface area (Å²) in [5.74, 6) is 0. The summed E-state index contributed by atoms with van der Waals surface area (Å²) in [5.41, 5.74) is 5.61. The number of aryl methyl sites for hydroxylation is 1. The summed E-state index contributed by atoms with van der Waals surface area (Å²) in [6.45, 7) is 2.25. The molecule has 15 heavy (non-hydrogen) atoms. The van der Waals surface area contributed by atoms with Gasteiger partial charge in [-0.1, -0.05) is 11.3 Å². The zero-order valence-electron chi connectivity index (χ0n) is 8.24. The largest absolute Gasteiger partial charge is 0.330 e. The number of sulfonamides is 1. The lowest BCUT2D eigenvalue weighted by atomic mass is 10.4. The summed E-state index contributed by atoms with van der Waals surface area (Å²) in [6.07, 6.45) is 0.567. The third-order valence-corrected chi connectivity index (χ3v) is 4.76. The Bertz CT molecular complexity index is 474. The van der Waals surface area contributed by atoms with Gasteiger partial charge in [-0.05, 0) is 19.9 Å². The molecule has 1 aromatic rings. The molecule has 8 heteroatoms. The minimum Gasteiger partial charge on any atom is -0.330 e. The van der Waals surface area contributed by atoms with Gasteiger partial charge in [0.25, 0.3) is 10.0 Å². The Morgan fingerprint density at radius 3 is 2.67 bits per heavy atom. The van der Waals surface area contributed by atoms with Crippen LogP contribution in [-0.4, -0.2) is 26.5 Å². The minimum atomic E-state index is -3.56. The number of rotatable bonds is 5. The molecule has 0 atom stereocenters. The number of aromatic amines is 1. The van der Waals surface area contributed by atoms with Crippen molar-refractivity contribution in [2.24, 2.45) is 5.73 Å². The number of aromatic nitrogens is 1. The summed E-state index contributed by atoms with van der Waals surface area (Å²) >= 11 is 0.687. The lowest BCUT2D eigenvalue weighted by molar-refractivity contribution is 0.581. The van der Waals surface area contributed by atoms with E-state index in [-0.39, 0.29) is 15.6 Å². The molecule has 0 bridgehead atoms. The quantitative estimate of drug-likeness (QED) is 0.606. The average molecular weight is 251 g/mol. The van der Waals surface area contributed by atoms with Crippen molar-refractivity contribution in [1.29, 1.82) is 0 Å². The van der Waals surface area contributed by atoms with Crippen LogP contribution >= 0.6 is 11.3 Å². The summed E-state index contributed by atoms with van der Waals surface area (Å²) in [4.78, 5) is 13.0. The molecule has 86 valence electrons. The molecule has 0 spiro atoms. The van der Waals surface area contributed by atoms with Crippen LogP contribution in [0.25, 0.3) is 0 Å². The summed E-state index contributed by atoms with van der Waals surface area (Å²) < 4.78 is 25.7. The molecule has 0 saturated heterocycles. The van der Waals surface area contributed by atoms with Gasteiger partial charge in [0.2, 0.25) is 0 Å². The van der Waals surface area contributed by atoms with E-state index in [9.17, 15) is 13.2 Å². The molecule has 0 amide bonds. The minimum absolute atomic E-state index is 0.0459. The van der Waals surface area contributed by atoms with E-state index in [1.165, 1.54) is 0 Å². The van der Waals surface area contributed by atoms with Crippen molar-refractivity contribution in [2.45, 2.75) is 17.6 Å². The van der Waals surface area contributed by atoms with Gasteiger partial charge in [-0.15, -0.1) is 0 Å². The highest BCUT2D eigenvalue weighted by Gasteiger charge is 2.19. The third kappa shape index (κ3) is 3.13. The second kappa shape index (κ2) is 4.88. The SMILES string of the molecule is Cc1[nH]c(=O)sc1S(=O)(=O)NCCCN. The summed E-state index contributed by atoms with van der Waals surface area (Å²) in [6, 6.07) is 0. The van der Waals surface area contributed by atoms with Crippen LogP contribution in [0.1, 0.15) is 12.1 Å². The van der Waals surface area contributed by atoms with E-state index in [1.54, 1.807) is 6.92 Å². The van der Waals surface area contributed by atoms with E-state index < -0.39 is 10.0 Å². The first-order valence-electron chi connectivity index (χ1n) is 4.37. The molecule has 1 heterocycles. The summed E-state index contributed by atoms with van der Waals surface area (Å²) in [5, 5.41) is 0. The molecule has 0 unspecified atom stereocenters. The lowest BCUT2D eigenvalue weighted by Gasteiger charge is -2.03. The molecule has 0 fully saturated rings. The highest BCUT2D eigenvalue weighted by Crippen LogP contribution is 2.14. The number of thiazole rings is 1. The fourth-order valence-electron chi connectivity index (χ4n) is 1.02. The molecule has 0 aromatic carbocycles. The van der Waals surface area contributed by atoms with Crippen LogP contribution in [0.5, 0.6) is 0 Å². The number of nitrogens with two attached hydrogens (primary N) is 1. The van der Waals surface area contributed by atoms with Crippen molar-refractivity contribution >= 4 is 21.4 Å². The first kappa shape index (κ1) is 12.4. The van der Waals surface area contributed by atoms with E-state index in [4.69, 9.17) is 5.73 Å². The van der Waals surface area contributed by atoms with Crippen LogP contribution in [0, 0.1) is 6.92 Å². The molecule has 4 N–H and O–H groups in total. The smallest absolute Gasteiger partial charge is 0.305 e. The van der Waals surface area contributed by atoms with E-state index in [1.807, 2.05) is 0 Å². The predicted molar refractivity (Wildman–Crippen MR) is 58.5 cm³/mol. The van der Waals surface area contributed by atoms with E-state index in [0.29, 0.717) is 30.0 Å². The molecule has 6 nitrogen and oxygen atoms in total. The Kier molecular flexibility index (Phi) is 4.03. The fraction of sp³-hybridized carbons (Fsp3) is 0.571. The fourth-order valence-corrected chi connectivity index (χ4v) is 3.44. The molecule has 1 aromatic heterocycles. The number of hydrogen-bond donors (Lipinski definition) is 3. The van der Waals surface area contributed by atoms with Gasteiger partial charge >= 0.3 is 4.87 Å². The second-order valence-corrected chi connectivity index (χ2v) is 5.91. The molecule has 1 rings (SSSR count).